The first-order valence-electron chi connectivity index (χ1n) is 7.47. The van der Waals surface area contributed by atoms with Crippen molar-refractivity contribution in [2.45, 2.75) is 0 Å². The van der Waals surface area contributed by atoms with Gasteiger partial charge in [0.1, 0.15) is 0 Å². The number of nitrogens with one attached hydrogen (secondary N) is 3. The molecule has 3 N–H and O–H groups in total. The van der Waals surface area contributed by atoms with Crippen LogP contribution in [0.3, 0.4) is 0 Å². The zero-order valence-corrected chi connectivity index (χ0v) is 13.1. The molecule has 2 aromatic carbocycles. The molecule has 0 fully saturated rings. The van der Waals surface area contributed by atoms with E-state index in [2.05, 4.69) is 32.2 Å². The van der Waals surface area contributed by atoms with E-state index in [1.165, 1.54) is 0 Å². The van der Waals surface area contributed by atoms with Crippen molar-refractivity contribution >= 4 is 29.0 Å². The van der Waals surface area contributed by atoms with Crippen molar-refractivity contribution in [3.8, 4) is 6.07 Å². The Hall–Kier alpha value is -3.92. The molecule has 25 heavy (non-hydrogen) atoms. The molecule has 0 spiro atoms. The second-order valence-corrected chi connectivity index (χ2v) is 5.06. The van der Waals surface area contributed by atoms with E-state index in [-0.39, 0.29) is 0 Å². The summed E-state index contributed by atoms with van der Waals surface area (Å²) in [7, 11) is 0. The minimum Gasteiger partial charge on any atom is -0.339 e. The summed E-state index contributed by atoms with van der Waals surface area (Å²) in [5, 5.41) is 25.1. The van der Waals surface area contributed by atoms with Crippen molar-refractivity contribution in [1.82, 2.24) is 10.2 Å². The second-order valence-electron chi connectivity index (χ2n) is 5.06. The predicted octanol–water partition coefficient (Wildman–Crippen LogP) is 3.74. The van der Waals surface area contributed by atoms with Crippen molar-refractivity contribution in [1.29, 1.82) is 5.26 Å². The van der Waals surface area contributed by atoms with E-state index in [9.17, 15) is 4.79 Å². The Bertz CT molecular complexity index is 886. The molecular weight excluding hydrogens is 316 g/mol. The van der Waals surface area contributed by atoms with Crippen LogP contribution >= 0.6 is 0 Å². The third-order valence-corrected chi connectivity index (χ3v) is 3.22. The lowest BCUT2D eigenvalue weighted by Gasteiger charge is -2.08. The second kappa shape index (κ2) is 7.57. The van der Waals surface area contributed by atoms with E-state index in [1.807, 2.05) is 18.2 Å². The van der Waals surface area contributed by atoms with Crippen LogP contribution in [0.2, 0.25) is 0 Å². The molecule has 0 atom stereocenters. The average molecular weight is 330 g/mol. The van der Waals surface area contributed by atoms with Gasteiger partial charge in [-0.2, -0.15) is 5.26 Å². The van der Waals surface area contributed by atoms with Crippen LogP contribution in [-0.4, -0.2) is 16.2 Å². The van der Waals surface area contributed by atoms with Crippen LogP contribution in [0, 0.1) is 11.3 Å². The highest BCUT2D eigenvalue weighted by molar-refractivity contribution is 5.99. The molecule has 3 aromatic rings. The van der Waals surface area contributed by atoms with Gasteiger partial charge in [0.25, 0.3) is 0 Å². The van der Waals surface area contributed by atoms with Gasteiger partial charge in [0.2, 0.25) is 0 Å². The minimum atomic E-state index is -0.395. The van der Waals surface area contributed by atoms with Gasteiger partial charge in [-0.25, -0.2) is 4.79 Å². The highest BCUT2D eigenvalue weighted by Gasteiger charge is 2.04. The average Bonchev–Trinajstić information content (AvgIpc) is 2.65. The van der Waals surface area contributed by atoms with E-state index >= 15 is 0 Å². The van der Waals surface area contributed by atoms with Crippen LogP contribution in [0.15, 0.2) is 66.7 Å². The number of rotatable bonds is 4. The Morgan fingerprint density at radius 2 is 1.48 bits per heavy atom. The number of carbonyl (C=O) groups excluding carboxylic acids is 1. The zero-order chi connectivity index (χ0) is 17.5. The van der Waals surface area contributed by atoms with Gasteiger partial charge >= 0.3 is 6.03 Å². The molecule has 0 saturated carbocycles. The molecule has 3 rings (SSSR count). The predicted molar refractivity (Wildman–Crippen MR) is 95.6 cm³/mol. The van der Waals surface area contributed by atoms with Gasteiger partial charge in [-0.15, -0.1) is 10.2 Å². The maximum absolute atomic E-state index is 11.9. The molecule has 0 bridgehead atoms. The van der Waals surface area contributed by atoms with Crippen LogP contribution in [0.25, 0.3) is 0 Å². The Morgan fingerprint density at radius 3 is 2.12 bits per heavy atom. The van der Waals surface area contributed by atoms with E-state index in [0.29, 0.717) is 22.9 Å². The van der Waals surface area contributed by atoms with E-state index in [0.717, 1.165) is 5.69 Å². The molecule has 0 radical (unpaired) electrons. The summed E-state index contributed by atoms with van der Waals surface area (Å²) < 4.78 is 0. The van der Waals surface area contributed by atoms with Gasteiger partial charge < -0.3 is 10.6 Å². The Kier molecular flexibility index (Phi) is 4.83. The molecule has 0 aliphatic carbocycles. The lowest BCUT2D eigenvalue weighted by molar-refractivity contribution is 0.262. The van der Waals surface area contributed by atoms with Gasteiger partial charge in [0.05, 0.1) is 11.6 Å². The van der Waals surface area contributed by atoms with Crippen LogP contribution < -0.4 is 16.0 Å². The molecule has 0 unspecified atom stereocenters. The fourth-order valence-electron chi connectivity index (χ4n) is 2.04. The minimum absolute atomic E-state index is 0.332. The maximum Gasteiger partial charge on any atom is 0.324 e. The molecule has 122 valence electrons. The Labute approximate surface area is 144 Å². The SMILES string of the molecule is N#Cc1ccc(Nc2ccc(NC(=O)Nc3ccccc3)nn2)cc1. The lowest BCUT2D eigenvalue weighted by atomic mass is 10.2. The normalized spacial score (nSPS) is 9.72. The van der Waals surface area contributed by atoms with Crippen molar-refractivity contribution in [2.24, 2.45) is 0 Å². The zero-order valence-electron chi connectivity index (χ0n) is 13.1. The number of amides is 2. The van der Waals surface area contributed by atoms with Gasteiger partial charge in [-0.3, -0.25) is 5.32 Å². The summed E-state index contributed by atoms with van der Waals surface area (Å²) in [6, 6.07) is 21.1. The number of hydrogen-bond acceptors (Lipinski definition) is 5. The van der Waals surface area contributed by atoms with E-state index in [4.69, 9.17) is 5.26 Å². The van der Waals surface area contributed by atoms with Crippen molar-refractivity contribution < 1.29 is 4.79 Å². The summed E-state index contributed by atoms with van der Waals surface area (Å²) in [4.78, 5) is 11.9. The molecule has 1 heterocycles. The number of hydrogen-bond donors (Lipinski definition) is 3. The molecule has 1 aromatic heterocycles. The number of aromatic nitrogens is 2. The van der Waals surface area contributed by atoms with Gasteiger partial charge in [-0.1, -0.05) is 18.2 Å². The molecule has 7 heteroatoms. The van der Waals surface area contributed by atoms with Crippen LogP contribution in [0.1, 0.15) is 5.56 Å². The number of urea groups is 1. The fourth-order valence-corrected chi connectivity index (χ4v) is 2.04. The molecule has 7 nitrogen and oxygen atoms in total. The van der Waals surface area contributed by atoms with E-state index in [1.54, 1.807) is 48.5 Å². The molecular formula is C18H14N6O. The van der Waals surface area contributed by atoms with Crippen molar-refractivity contribution in [2.75, 3.05) is 16.0 Å². The highest BCUT2D eigenvalue weighted by Crippen LogP contribution is 2.15. The van der Waals surface area contributed by atoms with Crippen molar-refractivity contribution in [3.63, 3.8) is 0 Å². The Morgan fingerprint density at radius 1 is 0.800 bits per heavy atom. The third-order valence-electron chi connectivity index (χ3n) is 3.22. The molecule has 0 aliphatic rings. The standard InChI is InChI=1S/C18H14N6O/c19-12-13-6-8-15(9-7-13)20-16-10-11-17(24-23-16)22-18(25)21-14-4-2-1-3-5-14/h1-11H,(H,20,23)(H2,21,22,24,25). The summed E-state index contributed by atoms with van der Waals surface area (Å²) in [5.74, 6) is 0.859. The largest absolute Gasteiger partial charge is 0.339 e. The summed E-state index contributed by atoms with van der Waals surface area (Å²) in [6.45, 7) is 0. The van der Waals surface area contributed by atoms with Crippen LogP contribution in [-0.2, 0) is 0 Å². The number of nitrogens with zero attached hydrogens (tertiary/aromatic N) is 3. The van der Waals surface area contributed by atoms with Gasteiger partial charge in [0, 0.05) is 11.4 Å². The first-order valence-corrected chi connectivity index (χ1v) is 7.47. The first kappa shape index (κ1) is 16.0. The number of anilines is 4. The highest BCUT2D eigenvalue weighted by atomic mass is 16.2. The summed E-state index contributed by atoms with van der Waals surface area (Å²) in [6.07, 6.45) is 0. The van der Waals surface area contributed by atoms with Crippen molar-refractivity contribution in [3.05, 3.63) is 72.3 Å². The number of carbonyl (C=O) groups is 1. The monoisotopic (exact) mass is 330 g/mol. The topological polar surface area (TPSA) is 103 Å². The third kappa shape index (κ3) is 4.53. The number of para-hydroxylation sites is 1. The number of benzene rings is 2. The smallest absolute Gasteiger partial charge is 0.324 e. The summed E-state index contributed by atoms with van der Waals surface area (Å²) in [5.41, 5.74) is 2.06. The Balaban J connectivity index is 1.58. The number of nitriles is 1. The quantitative estimate of drug-likeness (QED) is 0.676. The van der Waals surface area contributed by atoms with Crippen LogP contribution in [0.5, 0.6) is 0 Å². The molecule has 2 amide bonds. The fraction of sp³-hybridized carbons (Fsp3) is 0. The van der Waals surface area contributed by atoms with Gasteiger partial charge in [-0.05, 0) is 48.5 Å². The molecule has 0 saturated heterocycles. The maximum atomic E-state index is 11.9. The van der Waals surface area contributed by atoms with Gasteiger partial charge in [0.15, 0.2) is 11.6 Å². The lowest BCUT2D eigenvalue weighted by Crippen LogP contribution is -2.20. The van der Waals surface area contributed by atoms with E-state index < -0.39 is 6.03 Å². The molecule has 0 aliphatic heterocycles. The van der Waals surface area contributed by atoms with Crippen LogP contribution in [0.4, 0.5) is 27.8 Å². The first-order chi connectivity index (χ1) is 12.2. The summed E-state index contributed by atoms with van der Waals surface area (Å²) >= 11 is 0.